The summed E-state index contributed by atoms with van der Waals surface area (Å²) in [7, 11) is 0. The Kier molecular flexibility index (Phi) is 4.88. The molecule has 1 aromatic carbocycles. The van der Waals surface area contributed by atoms with Gasteiger partial charge in [0.05, 0.1) is 23.7 Å². The van der Waals surface area contributed by atoms with E-state index in [0.29, 0.717) is 18.9 Å². The van der Waals surface area contributed by atoms with E-state index >= 15 is 0 Å². The van der Waals surface area contributed by atoms with Gasteiger partial charge in [-0.05, 0) is 37.8 Å². The SMILES string of the molecule is O=C(Cn1c(CNC(=O)C2CC2)nc2ccccc21)NCC1CCCO1. The minimum absolute atomic E-state index is 0.0709. The highest BCUT2D eigenvalue weighted by molar-refractivity contribution is 5.82. The topological polar surface area (TPSA) is 85.2 Å². The average Bonchev–Trinajstić information content (AvgIpc) is 3.27. The summed E-state index contributed by atoms with van der Waals surface area (Å²) in [5, 5.41) is 5.89. The standard InChI is InChI=1S/C19H24N4O3/c24-18(20-10-14-4-3-9-26-14)12-23-16-6-2-1-5-15(16)22-17(23)11-21-19(25)13-7-8-13/h1-2,5-6,13-14H,3-4,7-12H2,(H,20,24)(H,21,25). The second kappa shape index (κ2) is 7.45. The molecular formula is C19H24N4O3. The second-order valence-electron chi connectivity index (χ2n) is 7.03. The van der Waals surface area contributed by atoms with Gasteiger partial charge >= 0.3 is 0 Å². The molecule has 1 aliphatic heterocycles. The number of nitrogens with one attached hydrogen (secondary N) is 2. The van der Waals surface area contributed by atoms with Crippen molar-refractivity contribution in [1.29, 1.82) is 0 Å². The fraction of sp³-hybridized carbons (Fsp3) is 0.526. The molecule has 4 rings (SSSR count). The highest BCUT2D eigenvalue weighted by Crippen LogP contribution is 2.28. The minimum Gasteiger partial charge on any atom is -0.376 e. The first-order valence-corrected chi connectivity index (χ1v) is 9.31. The number of aromatic nitrogens is 2. The Hall–Kier alpha value is -2.41. The molecule has 1 aliphatic carbocycles. The monoisotopic (exact) mass is 356 g/mol. The molecule has 2 fully saturated rings. The molecule has 7 heteroatoms. The van der Waals surface area contributed by atoms with Crippen LogP contribution in [0.2, 0.25) is 0 Å². The van der Waals surface area contributed by atoms with Crippen molar-refractivity contribution in [3.63, 3.8) is 0 Å². The summed E-state index contributed by atoms with van der Waals surface area (Å²) in [6.45, 7) is 1.83. The van der Waals surface area contributed by atoms with Crippen molar-refractivity contribution in [1.82, 2.24) is 20.2 Å². The Morgan fingerprint density at radius 1 is 1.19 bits per heavy atom. The lowest BCUT2D eigenvalue weighted by molar-refractivity contribution is -0.122. The molecule has 1 aromatic heterocycles. The van der Waals surface area contributed by atoms with Gasteiger partial charge in [-0.2, -0.15) is 0 Å². The van der Waals surface area contributed by atoms with Gasteiger partial charge < -0.3 is 19.9 Å². The number of amides is 2. The van der Waals surface area contributed by atoms with Crippen LogP contribution in [0.4, 0.5) is 0 Å². The van der Waals surface area contributed by atoms with Gasteiger partial charge in [0.25, 0.3) is 0 Å². The maximum Gasteiger partial charge on any atom is 0.240 e. The van der Waals surface area contributed by atoms with Gasteiger partial charge in [-0.1, -0.05) is 12.1 Å². The third kappa shape index (κ3) is 3.88. The van der Waals surface area contributed by atoms with E-state index < -0.39 is 0 Å². The van der Waals surface area contributed by atoms with Crippen LogP contribution < -0.4 is 10.6 Å². The first kappa shape index (κ1) is 17.0. The Labute approximate surface area is 152 Å². The average molecular weight is 356 g/mol. The maximum atomic E-state index is 12.4. The summed E-state index contributed by atoms with van der Waals surface area (Å²) < 4.78 is 7.43. The molecule has 0 radical (unpaired) electrons. The molecule has 2 heterocycles. The van der Waals surface area contributed by atoms with Gasteiger partial charge in [0.2, 0.25) is 11.8 Å². The zero-order valence-corrected chi connectivity index (χ0v) is 14.7. The predicted molar refractivity (Wildman–Crippen MR) is 96.3 cm³/mol. The Morgan fingerprint density at radius 2 is 2.04 bits per heavy atom. The number of ether oxygens (including phenoxy) is 1. The van der Waals surface area contributed by atoms with Crippen LogP contribution in [-0.2, 0) is 27.4 Å². The van der Waals surface area contributed by atoms with Gasteiger partial charge in [0, 0.05) is 19.1 Å². The number of hydrogen-bond donors (Lipinski definition) is 2. The molecule has 1 unspecified atom stereocenters. The summed E-state index contributed by atoms with van der Waals surface area (Å²) in [6.07, 6.45) is 4.10. The molecule has 1 atom stereocenters. The number of rotatable bonds is 7. The molecule has 2 aliphatic rings. The van der Waals surface area contributed by atoms with Gasteiger partial charge in [-0.25, -0.2) is 4.98 Å². The molecule has 2 N–H and O–H groups in total. The van der Waals surface area contributed by atoms with E-state index in [4.69, 9.17) is 4.74 Å². The number of fused-ring (bicyclic) bond motifs is 1. The lowest BCUT2D eigenvalue weighted by atomic mass is 10.2. The van der Waals surface area contributed by atoms with Crippen molar-refractivity contribution in [3.8, 4) is 0 Å². The quantitative estimate of drug-likeness (QED) is 0.784. The van der Waals surface area contributed by atoms with E-state index in [1.807, 2.05) is 28.8 Å². The normalized spacial score (nSPS) is 19.6. The highest BCUT2D eigenvalue weighted by atomic mass is 16.5. The highest BCUT2D eigenvalue weighted by Gasteiger charge is 2.29. The van der Waals surface area contributed by atoms with Crippen molar-refractivity contribution < 1.29 is 14.3 Å². The molecule has 138 valence electrons. The van der Waals surface area contributed by atoms with Gasteiger partial charge in [0.1, 0.15) is 12.4 Å². The third-order valence-electron chi connectivity index (χ3n) is 4.96. The van der Waals surface area contributed by atoms with Crippen LogP contribution in [0.25, 0.3) is 11.0 Å². The van der Waals surface area contributed by atoms with E-state index in [1.54, 1.807) is 0 Å². The van der Waals surface area contributed by atoms with Gasteiger partial charge in [-0.15, -0.1) is 0 Å². The number of carbonyl (C=O) groups is 2. The molecule has 1 saturated carbocycles. The third-order valence-corrected chi connectivity index (χ3v) is 4.96. The predicted octanol–water partition coefficient (Wildman–Crippen LogP) is 1.36. The lowest BCUT2D eigenvalue weighted by Crippen LogP contribution is -2.35. The first-order valence-electron chi connectivity index (χ1n) is 9.31. The molecule has 0 spiro atoms. The van der Waals surface area contributed by atoms with Crippen molar-refractivity contribution in [2.75, 3.05) is 13.2 Å². The van der Waals surface area contributed by atoms with E-state index in [9.17, 15) is 9.59 Å². The molecule has 2 amide bonds. The van der Waals surface area contributed by atoms with Gasteiger partial charge in [0.15, 0.2) is 0 Å². The van der Waals surface area contributed by atoms with E-state index in [2.05, 4.69) is 15.6 Å². The van der Waals surface area contributed by atoms with Crippen LogP contribution in [0.1, 0.15) is 31.5 Å². The van der Waals surface area contributed by atoms with Crippen molar-refractivity contribution in [2.24, 2.45) is 5.92 Å². The van der Waals surface area contributed by atoms with Crippen molar-refractivity contribution >= 4 is 22.8 Å². The summed E-state index contributed by atoms with van der Waals surface area (Å²) in [4.78, 5) is 29.0. The lowest BCUT2D eigenvalue weighted by Gasteiger charge is -2.13. The fourth-order valence-corrected chi connectivity index (χ4v) is 3.33. The number of para-hydroxylation sites is 2. The molecule has 0 bridgehead atoms. The van der Waals surface area contributed by atoms with Crippen LogP contribution in [0, 0.1) is 5.92 Å². The number of imidazole rings is 1. The van der Waals surface area contributed by atoms with Crippen LogP contribution in [0.15, 0.2) is 24.3 Å². The second-order valence-corrected chi connectivity index (χ2v) is 7.03. The first-order chi connectivity index (χ1) is 12.7. The fourth-order valence-electron chi connectivity index (χ4n) is 3.33. The van der Waals surface area contributed by atoms with Crippen LogP contribution in [-0.4, -0.2) is 40.6 Å². The summed E-state index contributed by atoms with van der Waals surface area (Å²) in [5.74, 6) is 0.861. The summed E-state index contributed by atoms with van der Waals surface area (Å²) in [6, 6.07) is 7.71. The minimum atomic E-state index is -0.0709. The summed E-state index contributed by atoms with van der Waals surface area (Å²) in [5.41, 5.74) is 1.73. The van der Waals surface area contributed by atoms with E-state index in [0.717, 1.165) is 43.3 Å². The van der Waals surface area contributed by atoms with Crippen LogP contribution in [0.5, 0.6) is 0 Å². The smallest absolute Gasteiger partial charge is 0.240 e. The van der Waals surface area contributed by atoms with Crippen molar-refractivity contribution in [2.45, 2.75) is 44.9 Å². The molecule has 26 heavy (non-hydrogen) atoms. The zero-order chi connectivity index (χ0) is 17.9. The van der Waals surface area contributed by atoms with Crippen LogP contribution in [0.3, 0.4) is 0 Å². The molecule has 1 saturated heterocycles. The Morgan fingerprint density at radius 3 is 2.81 bits per heavy atom. The number of hydrogen-bond acceptors (Lipinski definition) is 4. The number of benzene rings is 1. The maximum absolute atomic E-state index is 12.4. The Bertz CT molecular complexity index is 806. The van der Waals surface area contributed by atoms with Gasteiger partial charge in [-0.3, -0.25) is 9.59 Å². The van der Waals surface area contributed by atoms with E-state index in [-0.39, 0.29) is 30.4 Å². The van der Waals surface area contributed by atoms with E-state index in [1.165, 1.54) is 0 Å². The van der Waals surface area contributed by atoms with Crippen LogP contribution >= 0.6 is 0 Å². The molecular weight excluding hydrogens is 332 g/mol. The number of nitrogens with zero attached hydrogens (tertiary/aromatic N) is 2. The van der Waals surface area contributed by atoms with Crippen molar-refractivity contribution in [3.05, 3.63) is 30.1 Å². The molecule has 7 nitrogen and oxygen atoms in total. The zero-order valence-electron chi connectivity index (χ0n) is 14.7. The largest absolute Gasteiger partial charge is 0.376 e. The molecule has 2 aromatic rings. The summed E-state index contributed by atoms with van der Waals surface area (Å²) >= 11 is 0. The Balaban J connectivity index is 1.45. The number of carbonyl (C=O) groups excluding carboxylic acids is 2.